The van der Waals surface area contributed by atoms with Gasteiger partial charge in [0.15, 0.2) is 0 Å². The van der Waals surface area contributed by atoms with Crippen LogP contribution in [0.25, 0.3) is 0 Å². The van der Waals surface area contributed by atoms with Gasteiger partial charge in [-0.25, -0.2) is 0 Å². The van der Waals surface area contributed by atoms with E-state index in [0.717, 1.165) is 21.2 Å². The summed E-state index contributed by atoms with van der Waals surface area (Å²) in [5.41, 5.74) is 1.52. The molecule has 2 aromatic heterocycles. The van der Waals surface area contributed by atoms with E-state index in [2.05, 4.69) is 10.6 Å². The summed E-state index contributed by atoms with van der Waals surface area (Å²) in [7, 11) is 3.07. The van der Waals surface area contributed by atoms with Crippen molar-refractivity contribution in [1.29, 1.82) is 0 Å². The fraction of sp³-hybridized carbons (Fsp3) is 0. The van der Waals surface area contributed by atoms with Gasteiger partial charge in [-0.1, -0.05) is 58.0 Å². The fourth-order valence-electron chi connectivity index (χ4n) is 2.56. The molecule has 0 unspecified atom stereocenters. The molecule has 0 bridgehead atoms. The predicted octanol–water partition coefficient (Wildman–Crippen LogP) is 7.11. The van der Waals surface area contributed by atoms with Crippen molar-refractivity contribution in [2.24, 2.45) is 0 Å². The Labute approximate surface area is 190 Å². The Kier molecular flexibility index (Phi) is 6.91. The summed E-state index contributed by atoms with van der Waals surface area (Å²) >= 11 is 2.82. The summed E-state index contributed by atoms with van der Waals surface area (Å²) in [5.74, 6) is -0.238. The number of benzene rings is 2. The van der Waals surface area contributed by atoms with Crippen LogP contribution in [0.4, 0.5) is 11.4 Å². The van der Waals surface area contributed by atoms with E-state index < -0.39 is 0 Å². The SMILES string of the molecule is O=C(Nc1ccccc1SSc1ccccc1NC(=O)c1cccs1)c1cccs1. The number of amides is 2. The van der Waals surface area contributed by atoms with Crippen LogP contribution >= 0.6 is 44.3 Å². The van der Waals surface area contributed by atoms with Crippen molar-refractivity contribution >= 4 is 67.5 Å². The Morgan fingerprint density at radius 2 is 1.03 bits per heavy atom. The molecule has 4 nitrogen and oxygen atoms in total. The number of hydrogen-bond acceptors (Lipinski definition) is 6. The standard InChI is InChI=1S/C22H16N2O2S4/c25-21(19-11-5-13-27-19)23-15-7-1-3-9-17(15)29-30-18-10-4-2-8-16(18)24-22(26)20-12-6-14-28-20/h1-14H,(H,23,25)(H,24,26). The first-order valence-corrected chi connectivity index (χ1v) is 12.8. The molecule has 4 aromatic rings. The minimum absolute atomic E-state index is 0.119. The first-order valence-electron chi connectivity index (χ1n) is 8.93. The highest BCUT2D eigenvalue weighted by atomic mass is 33.1. The van der Waals surface area contributed by atoms with Crippen molar-refractivity contribution in [3.05, 3.63) is 93.3 Å². The fourth-order valence-corrected chi connectivity index (χ4v) is 6.07. The van der Waals surface area contributed by atoms with E-state index in [0.29, 0.717) is 9.75 Å². The van der Waals surface area contributed by atoms with E-state index in [9.17, 15) is 9.59 Å². The van der Waals surface area contributed by atoms with Gasteiger partial charge in [0.25, 0.3) is 11.8 Å². The zero-order valence-corrected chi connectivity index (χ0v) is 18.8. The summed E-state index contributed by atoms with van der Waals surface area (Å²) in [6.45, 7) is 0. The molecule has 0 spiro atoms. The Hall–Kier alpha value is -2.52. The van der Waals surface area contributed by atoms with Crippen molar-refractivity contribution in [2.45, 2.75) is 9.79 Å². The van der Waals surface area contributed by atoms with E-state index in [-0.39, 0.29) is 11.8 Å². The molecule has 0 fully saturated rings. The molecule has 0 radical (unpaired) electrons. The topological polar surface area (TPSA) is 58.2 Å². The second kappa shape index (κ2) is 9.99. The molecule has 0 aliphatic carbocycles. The van der Waals surface area contributed by atoms with Crippen molar-refractivity contribution < 1.29 is 9.59 Å². The summed E-state index contributed by atoms with van der Waals surface area (Å²) in [5, 5.41) is 9.73. The number of carbonyl (C=O) groups excluding carboxylic acids is 2. The van der Waals surface area contributed by atoms with Crippen LogP contribution in [0.5, 0.6) is 0 Å². The largest absolute Gasteiger partial charge is 0.320 e. The number of anilines is 2. The van der Waals surface area contributed by atoms with Gasteiger partial charge in [-0.05, 0) is 47.2 Å². The van der Waals surface area contributed by atoms with Crippen LogP contribution in [-0.4, -0.2) is 11.8 Å². The number of thiophene rings is 2. The van der Waals surface area contributed by atoms with E-state index in [4.69, 9.17) is 0 Å². The van der Waals surface area contributed by atoms with Gasteiger partial charge in [-0.2, -0.15) is 0 Å². The minimum atomic E-state index is -0.119. The highest BCUT2D eigenvalue weighted by Crippen LogP contribution is 2.43. The lowest BCUT2D eigenvalue weighted by atomic mass is 10.3. The van der Waals surface area contributed by atoms with E-state index in [1.807, 2.05) is 71.4 Å². The van der Waals surface area contributed by atoms with Crippen molar-refractivity contribution in [3.63, 3.8) is 0 Å². The molecule has 2 amide bonds. The zero-order chi connectivity index (χ0) is 20.8. The minimum Gasteiger partial charge on any atom is -0.320 e. The Bertz CT molecular complexity index is 1050. The highest BCUT2D eigenvalue weighted by Gasteiger charge is 2.13. The number of nitrogens with one attached hydrogen (secondary N) is 2. The van der Waals surface area contributed by atoms with Gasteiger partial charge in [0.2, 0.25) is 0 Å². The molecule has 4 rings (SSSR count). The van der Waals surface area contributed by atoms with Crippen LogP contribution in [0.1, 0.15) is 19.3 Å². The third-order valence-electron chi connectivity index (χ3n) is 3.98. The average Bonchev–Trinajstić information content (AvgIpc) is 3.48. The number of hydrogen-bond donors (Lipinski definition) is 2. The predicted molar refractivity (Wildman–Crippen MR) is 129 cm³/mol. The lowest BCUT2D eigenvalue weighted by Crippen LogP contribution is -2.11. The van der Waals surface area contributed by atoms with E-state index in [1.165, 1.54) is 44.3 Å². The second-order valence-electron chi connectivity index (χ2n) is 6.02. The van der Waals surface area contributed by atoms with Crippen molar-refractivity contribution in [2.75, 3.05) is 10.6 Å². The lowest BCUT2D eigenvalue weighted by Gasteiger charge is -2.12. The zero-order valence-electron chi connectivity index (χ0n) is 15.5. The Morgan fingerprint density at radius 3 is 1.43 bits per heavy atom. The Morgan fingerprint density at radius 1 is 0.600 bits per heavy atom. The molecule has 0 aliphatic heterocycles. The maximum Gasteiger partial charge on any atom is 0.265 e. The number of rotatable bonds is 7. The van der Waals surface area contributed by atoms with E-state index in [1.54, 1.807) is 12.1 Å². The molecule has 150 valence electrons. The first kappa shape index (κ1) is 20.7. The molecular formula is C22H16N2O2S4. The monoisotopic (exact) mass is 468 g/mol. The Balaban J connectivity index is 1.47. The third-order valence-corrected chi connectivity index (χ3v) is 8.20. The van der Waals surface area contributed by atoms with Gasteiger partial charge in [0, 0.05) is 9.79 Å². The maximum absolute atomic E-state index is 12.4. The summed E-state index contributed by atoms with van der Waals surface area (Å²) in [6.07, 6.45) is 0. The van der Waals surface area contributed by atoms with Crippen LogP contribution in [-0.2, 0) is 0 Å². The molecule has 2 heterocycles. The average molecular weight is 469 g/mol. The molecule has 2 aromatic carbocycles. The summed E-state index contributed by atoms with van der Waals surface area (Å²) in [6, 6.07) is 22.7. The van der Waals surface area contributed by atoms with Gasteiger partial charge in [0.1, 0.15) is 0 Å². The lowest BCUT2D eigenvalue weighted by molar-refractivity contribution is 0.102. The van der Waals surface area contributed by atoms with Gasteiger partial charge < -0.3 is 10.6 Å². The maximum atomic E-state index is 12.4. The van der Waals surface area contributed by atoms with Crippen LogP contribution in [0.15, 0.2) is 93.3 Å². The molecular weight excluding hydrogens is 453 g/mol. The molecule has 0 saturated carbocycles. The van der Waals surface area contributed by atoms with Gasteiger partial charge in [-0.15, -0.1) is 22.7 Å². The molecule has 0 atom stereocenters. The van der Waals surface area contributed by atoms with Crippen molar-refractivity contribution in [3.8, 4) is 0 Å². The molecule has 30 heavy (non-hydrogen) atoms. The molecule has 0 saturated heterocycles. The van der Waals surface area contributed by atoms with Crippen LogP contribution in [0.2, 0.25) is 0 Å². The first-order chi connectivity index (χ1) is 14.7. The second-order valence-corrected chi connectivity index (χ2v) is 10.1. The van der Waals surface area contributed by atoms with Gasteiger partial charge in [0.05, 0.1) is 21.1 Å². The van der Waals surface area contributed by atoms with Gasteiger partial charge >= 0.3 is 0 Å². The smallest absolute Gasteiger partial charge is 0.265 e. The highest BCUT2D eigenvalue weighted by molar-refractivity contribution is 8.76. The number of para-hydroxylation sites is 2. The van der Waals surface area contributed by atoms with Crippen LogP contribution < -0.4 is 10.6 Å². The summed E-state index contributed by atoms with van der Waals surface area (Å²) in [4.78, 5) is 28.1. The molecule has 8 heteroatoms. The number of carbonyl (C=O) groups is 2. The van der Waals surface area contributed by atoms with Crippen LogP contribution in [0, 0.1) is 0 Å². The normalized spacial score (nSPS) is 10.5. The van der Waals surface area contributed by atoms with E-state index >= 15 is 0 Å². The van der Waals surface area contributed by atoms with Crippen LogP contribution in [0.3, 0.4) is 0 Å². The van der Waals surface area contributed by atoms with Crippen molar-refractivity contribution in [1.82, 2.24) is 0 Å². The molecule has 0 aliphatic rings. The summed E-state index contributed by atoms with van der Waals surface area (Å²) < 4.78 is 0. The third kappa shape index (κ3) is 5.14. The molecule has 2 N–H and O–H groups in total. The quantitative estimate of drug-likeness (QED) is 0.284. The van der Waals surface area contributed by atoms with Gasteiger partial charge in [-0.3, -0.25) is 9.59 Å².